The van der Waals surface area contributed by atoms with Crippen molar-refractivity contribution in [2.75, 3.05) is 30.4 Å². The number of rotatable bonds is 19. The lowest BCUT2D eigenvalue weighted by molar-refractivity contribution is -0.159. The third-order valence-corrected chi connectivity index (χ3v) is 13.2. The predicted octanol–water partition coefficient (Wildman–Crippen LogP) is 0.948. The van der Waals surface area contributed by atoms with Crippen LogP contribution in [0, 0.1) is 0 Å². The van der Waals surface area contributed by atoms with Crippen LogP contribution in [-0.4, -0.2) is 121 Å². The van der Waals surface area contributed by atoms with Gasteiger partial charge in [0.15, 0.2) is 23.8 Å². The molecule has 0 aromatic carbocycles. The minimum absolute atomic E-state index is 0.0169. The number of aromatic nitrogens is 6. The van der Waals surface area contributed by atoms with Crippen LogP contribution in [0.5, 0.6) is 0 Å². The quantitative estimate of drug-likeness (QED) is 0.0381. The number of nitrogens with one attached hydrogen (secondary N) is 1. The average Bonchev–Trinajstić information content (AvgIpc) is 3.83. The van der Waals surface area contributed by atoms with E-state index in [1.54, 1.807) is 6.08 Å². The molecule has 0 radical (unpaired) electrons. The first-order chi connectivity index (χ1) is 27.6. The summed E-state index contributed by atoms with van der Waals surface area (Å²) in [6.45, 7) is 7.79. The van der Waals surface area contributed by atoms with Crippen LogP contribution in [0.2, 0.25) is 0 Å². The fourth-order valence-electron chi connectivity index (χ4n) is 5.77. The highest BCUT2D eigenvalue weighted by atomic mass is 33.1. The molecule has 2 saturated heterocycles. The smallest absolute Gasteiger partial charge is 0.455 e. The zero-order chi connectivity index (χ0) is 43.3. The SMILES string of the molecule is C=CCCC(=O)N[C@@H](CSSC(C)(C)C)C(=O)O[C@H]1[C@@H](O)[C@H](n2cnc3c(N)ncnc32)O[C@@H]1COP(=O)(O)O[C@H]1CC(n2ccc(N)nc2=O)O[C@@H]1COP(=O)(O)O. The van der Waals surface area contributed by atoms with E-state index in [2.05, 4.69) is 36.4 Å². The molecule has 2 aliphatic rings. The number of carbonyl (C=O) groups excluding carboxylic acids is 2. The van der Waals surface area contributed by atoms with Crippen LogP contribution in [0.15, 0.2) is 42.4 Å². The van der Waals surface area contributed by atoms with Gasteiger partial charge in [-0.25, -0.2) is 33.7 Å². The molecule has 5 heterocycles. The first kappa shape index (κ1) is 46.6. The van der Waals surface area contributed by atoms with Crippen molar-refractivity contribution in [3.63, 3.8) is 0 Å². The number of anilines is 2. The van der Waals surface area contributed by atoms with Gasteiger partial charge in [0.05, 0.1) is 19.5 Å². The van der Waals surface area contributed by atoms with Crippen LogP contribution in [0.3, 0.4) is 0 Å². The molecular weight excluding hydrogens is 864 g/mol. The van der Waals surface area contributed by atoms with E-state index in [1.807, 2.05) is 20.8 Å². The number of fused-ring (bicyclic) bond motifs is 1. The zero-order valence-electron chi connectivity index (χ0n) is 31.8. The molecule has 3 aromatic rings. The van der Waals surface area contributed by atoms with Crippen molar-refractivity contribution in [1.29, 1.82) is 0 Å². The standard InChI is InChI=1S/C31H45N9O15P2S2/c1-5-6-7-21(41)37-16(13-58-59-31(2,3)4)29(43)54-25-19(53-28(24(25)42)40-15-36-23-26(33)34-14-35-27(23)40)12-51-57(48,49)55-17-10-22(39-9-8-20(32)38-30(39)44)52-18(17)11-50-56(45,46)47/h5,8-9,14-19,22,24-25,28,42H,1,6-7,10-13H2,2-4H3,(H,37,41)(H,48,49)(H2,32,38,44)(H2,33,34,35)(H2,45,46,47)/t16-,17-,18+,19+,22?,24+,25+,28+/m0/s1. The van der Waals surface area contributed by atoms with Gasteiger partial charge in [0.25, 0.3) is 0 Å². The molecule has 1 amide bonds. The van der Waals surface area contributed by atoms with Gasteiger partial charge in [0.2, 0.25) is 5.91 Å². The Morgan fingerprint density at radius 3 is 2.53 bits per heavy atom. The first-order valence-electron chi connectivity index (χ1n) is 17.7. The number of hydrogen-bond acceptors (Lipinski definition) is 20. The summed E-state index contributed by atoms with van der Waals surface area (Å²) in [5, 5.41) is 14.3. The second-order valence-electron chi connectivity index (χ2n) is 14.1. The monoisotopic (exact) mass is 909 g/mol. The van der Waals surface area contributed by atoms with E-state index in [4.69, 9.17) is 34.7 Å². The Labute approximate surface area is 344 Å². The van der Waals surface area contributed by atoms with Crippen LogP contribution >= 0.6 is 37.2 Å². The Hall–Kier alpha value is -3.49. The van der Waals surface area contributed by atoms with E-state index >= 15 is 0 Å². The Bertz CT molecular complexity index is 2140. The number of allylic oxidation sites excluding steroid dienone is 1. The summed E-state index contributed by atoms with van der Waals surface area (Å²) in [6.07, 6.45) is -5.09. The number of ether oxygens (including phenoxy) is 3. The molecule has 326 valence electrons. The third kappa shape index (κ3) is 12.8. The van der Waals surface area contributed by atoms with Gasteiger partial charge in [-0.2, -0.15) is 4.98 Å². The number of phosphoric ester groups is 2. The summed E-state index contributed by atoms with van der Waals surface area (Å²) in [5.41, 5.74) is 10.9. The van der Waals surface area contributed by atoms with Crippen LogP contribution in [0.25, 0.3) is 11.2 Å². The fraction of sp³-hybridized carbons (Fsp3) is 0.581. The highest BCUT2D eigenvalue weighted by Crippen LogP contribution is 2.50. The molecule has 2 aliphatic heterocycles. The molecule has 59 heavy (non-hydrogen) atoms. The molecular formula is C31H45N9O15P2S2. The Kier molecular flexibility index (Phi) is 15.4. The summed E-state index contributed by atoms with van der Waals surface area (Å²) in [5.74, 6) is -1.44. The van der Waals surface area contributed by atoms with Gasteiger partial charge >= 0.3 is 27.3 Å². The minimum atomic E-state index is -5.20. The van der Waals surface area contributed by atoms with Crippen molar-refractivity contribution in [3.8, 4) is 0 Å². The summed E-state index contributed by atoms with van der Waals surface area (Å²) in [6, 6.07) is 0.0736. The Morgan fingerprint density at radius 2 is 1.85 bits per heavy atom. The molecule has 2 unspecified atom stereocenters. The zero-order valence-corrected chi connectivity index (χ0v) is 35.2. The van der Waals surface area contributed by atoms with Gasteiger partial charge in [-0.15, -0.1) is 6.58 Å². The van der Waals surface area contributed by atoms with E-state index in [0.29, 0.717) is 6.42 Å². The van der Waals surface area contributed by atoms with Gasteiger partial charge in [-0.1, -0.05) is 48.4 Å². The third-order valence-electron chi connectivity index (χ3n) is 8.38. The molecule has 2 fully saturated rings. The lowest BCUT2D eigenvalue weighted by Gasteiger charge is -2.26. The number of amides is 1. The lowest BCUT2D eigenvalue weighted by atomic mass is 10.1. The number of esters is 1. The number of aliphatic hydroxyl groups is 1. The number of imidazole rings is 1. The van der Waals surface area contributed by atoms with Crippen molar-refractivity contribution in [2.45, 2.75) is 93.8 Å². The van der Waals surface area contributed by atoms with Gasteiger partial charge in [0.1, 0.15) is 54.3 Å². The average molecular weight is 910 g/mol. The maximum atomic E-state index is 13.8. The minimum Gasteiger partial charge on any atom is -0.455 e. The van der Waals surface area contributed by atoms with Crippen LogP contribution < -0.4 is 22.5 Å². The molecule has 9 N–H and O–H groups in total. The number of carbonyl (C=O) groups is 2. The predicted molar refractivity (Wildman–Crippen MR) is 211 cm³/mol. The van der Waals surface area contributed by atoms with Crippen molar-refractivity contribution in [2.24, 2.45) is 0 Å². The van der Waals surface area contributed by atoms with E-state index < -0.39 is 95.4 Å². The van der Waals surface area contributed by atoms with Crippen LogP contribution in [-0.2, 0) is 46.5 Å². The second-order valence-corrected chi connectivity index (χ2v) is 19.9. The first-order valence-corrected chi connectivity index (χ1v) is 23.0. The van der Waals surface area contributed by atoms with Crippen molar-refractivity contribution >= 4 is 71.9 Å². The second kappa shape index (κ2) is 19.5. The summed E-state index contributed by atoms with van der Waals surface area (Å²) in [7, 11) is -7.50. The highest BCUT2D eigenvalue weighted by Gasteiger charge is 2.50. The maximum Gasteiger partial charge on any atom is 0.472 e. The molecule has 0 bridgehead atoms. The summed E-state index contributed by atoms with van der Waals surface area (Å²) < 4.78 is 59.9. The highest BCUT2D eigenvalue weighted by molar-refractivity contribution is 8.77. The van der Waals surface area contributed by atoms with E-state index in [1.165, 1.54) is 44.7 Å². The molecule has 24 nitrogen and oxygen atoms in total. The normalized spacial score (nSPS) is 25.1. The van der Waals surface area contributed by atoms with Crippen molar-refractivity contribution < 1.29 is 66.3 Å². The number of nitrogen functional groups attached to an aromatic ring is 2. The Morgan fingerprint density at radius 1 is 1.12 bits per heavy atom. The molecule has 3 aromatic heterocycles. The molecule has 0 saturated carbocycles. The molecule has 9 atom stereocenters. The topological polar surface area (TPSA) is 347 Å². The van der Waals surface area contributed by atoms with Crippen molar-refractivity contribution in [3.05, 3.63) is 48.1 Å². The molecule has 5 rings (SSSR count). The van der Waals surface area contributed by atoms with Gasteiger partial charge in [-0.05, 0) is 12.5 Å². The largest absolute Gasteiger partial charge is 0.472 e. The number of aliphatic hydroxyl groups excluding tert-OH is 1. The van der Waals surface area contributed by atoms with Gasteiger partial charge < -0.3 is 50.8 Å². The number of hydrogen-bond donors (Lipinski definition) is 7. The van der Waals surface area contributed by atoms with Gasteiger partial charge in [0, 0.05) is 29.5 Å². The van der Waals surface area contributed by atoms with E-state index in [9.17, 15) is 43.3 Å². The molecule has 0 spiro atoms. The summed E-state index contributed by atoms with van der Waals surface area (Å²) >= 11 is 0. The Balaban J connectivity index is 1.37. The van der Waals surface area contributed by atoms with Crippen LogP contribution in [0.1, 0.15) is 52.5 Å². The van der Waals surface area contributed by atoms with E-state index in [-0.39, 0.29) is 46.1 Å². The number of phosphoric acid groups is 2. The van der Waals surface area contributed by atoms with E-state index in [0.717, 1.165) is 10.9 Å². The molecule has 0 aliphatic carbocycles. The molecule has 28 heteroatoms. The van der Waals surface area contributed by atoms with Crippen molar-refractivity contribution in [1.82, 2.24) is 34.4 Å². The fourth-order valence-corrected chi connectivity index (χ4v) is 9.52. The lowest BCUT2D eigenvalue weighted by Crippen LogP contribution is -2.47. The number of nitrogens with two attached hydrogens (primary N) is 2. The summed E-state index contributed by atoms with van der Waals surface area (Å²) in [4.78, 5) is 84.4. The maximum absolute atomic E-state index is 13.8. The number of nitrogens with zero attached hydrogens (tertiary/aromatic N) is 6. The van der Waals surface area contributed by atoms with Crippen LogP contribution in [0.4, 0.5) is 11.6 Å². The van der Waals surface area contributed by atoms with Gasteiger partial charge in [-0.3, -0.25) is 27.5 Å².